The lowest BCUT2D eigenvalue weighted by Gasteiger charge is -2.17. The summed E-state index contributed by atoms with van der Waals surface area (Å²) in [6.45, 7) is 6.32. The number of carboxylic acids is 1. The molecule has 1 aromatic carbocycles. The number of aryl methyl sites for hydroxylation is 1. The summed E-state index contributed by atoms with van der Waals surface area (Å²) >= 11 is 1.07. The highest BCUT2D eigenvalue weighted by molar-refractivity contribution is 8.00. The fraction of sp³-hybridized carbons (Fsp3) is 0.438. The monoisotopic (exact) mass is 335 g/mol. The van der Waals surface area contributed by atoms with E-state index in [9.17, 15) is 9.59 Å². The highest BCUT2D eigenvalue weighted by Crippen LogP contribution is 2.26. The summed E-state index contributed by atoms with van der Waals surface area (Å²) in [7, 11) is 1.98. The number of amides is 1. The van der Waals surface area contributed by atoms with E-state index in [1.807, 2.05) is 25.2 Å². The fourth-order valence-electron chi connectivity index (χ4n) is 2.38. The summed E-state index contributed by atoms with van der Waals surface area (Å²) in [5, 5.41) is 11.3. The maximum atomic E-state index is 11.8. The second-order valence-corrected chi connectivity index (χ2v) is 7.37. The van der Waals surface area contributed by atoms with Gasteiger partial charge in [0.05, 0.1) is 22.5 Å². The van der Waals surface area contributed by atoms with E-state index in [1.54, 1.807) is 0 Å². The molecule has 0 atom stereocenters. The molecule has 1 aromatic heterocycles. The van der Waals surface area contributed by atoms with Crippen LogP contribution in [0, 0.1) is 0 Å². The third-order valence-corrected chi connectivity index (χ3v) is 4.21. The number of rotatable bonds is 5. The highest BCUT2D eigenvalue weighted by Gasteiger charge is 2.21. The summed E-state index contributed by atoms with van der Waals surface area (Å²) in [6, 6.07) is 5.60. The van der Waals surface area contributed by atoms with Gasteiger partial charge in [0.25, 0.3) is 0 Å². The Hall–Kier alpha value is -2.02. The van der Waals surface area contributed by atoms with Crippen molar-refractivity contribution in [3.8, 4) is 0 Å². The lowest BCUT2D eigenvalue weighted by atomic mass is 9.96. The summed E-state index contributed by atoms with van der Waals surface area (Å²) < 4.78 is 2.06. The first-order valence-corrected chi connectivity index (χ1v) is 8.40. The Labute approximate surface area is 139 Å². The molecule has 7 heteroatoms. The zero-order valence-corrected chi connectivity index (χ0v) is 14.5. The van der Waals surface area contributed by atoms with Gasteiger partial charge in [0.2, 0.25) is 5.91 Å². The first kappa shape index (κ1) is 17.3. The Bertz CT molecular complexity index is 747. The Kier molecular flexibility index (Phi) is 4.99. The minimum absolute atomic E-state index is 0.0648. The van der Waals surface area contributed by atoms with Crippen molar-refractivity contribution in [1.29, 1.82) is 0 Å². The van der Waals surface area contributed by atoms with Crippen LogP contribution in [0.5, 0.6) is 0 Å². The van der Waals surface area contributed by atoms with Crippen LogP contribution in [0.2, 0.25) is 0 Å². The molecule has 0 saturated carbocycles. The van der Waals surface area contributed by atoms with Crippen molar-refractivity contribution in [2.24, 2.45) is 7.05 Å². The zero-order valence-electron chi connectivity index (χ0n) is 13.7. The second-order valence-electron chi connectivity index (χ2n) is 6.38. The van der Waals surface area contributed by atoms with Gasteiger partial charge in [0.15, 0.2) is 0 Å². The van der Waals surface area contributed by atoms with Crippen molar-refractivity contribution in [2.75, 3.05) is 16.8 Å². The number of carboxylic acid groups (broad SMARTS) is 1. The fourth-order valence-corrected chi connectivity index (χ4v) is 2.91. The van der Waals surface area contributed by atoms with Gasteiger partial charge >= 0.3 is 5.97 Å². The predicted molar refractivity (Wildman–Crippen MR) is 93.0 cm³/mol. The van der Waals surface area contributed by atoms with Crippen LogP contribution >= 0.6 is 11.8 Å². The molecule has 6 nitrogen and oxygen atoms in total. The molecular weight excluding hydrogens is 314 g/mol. The van der Waals surface area contributed by atoms with Crippen molar-refractivity contribution in [3.05, 3.63) is 24.0 Å². The molecule has 1 amide bonds. The maximum absolute atomic E-state index is 11.8. The average molecular weight is 335 g/mol. The number of fused-ring (bicyclic) bond motifs is 1. The molecule has 2 rings (SSSR count). The van der Waals surface area contributed by atoms with Crippen molar-refractivity contribution in [1.82, 2.24) is 9.55 Å². The van der Waals surface area contributed by atoms with Crippen molar-refractivity contribution < 1.29 is 14.7 Å². The topological polar surface area (TPSA) is 84.2 Å². The van der Waals surface area contributed by atoms with Crippen LogP contribution in [-0.4, -0.2) is 38.0 Å². The van der Waals surface area contributed by atoms with E-state index in [2.05, 4.69) is 35.6 Å². The van der Waals surface area contributed by atoms with Crippen LogP contribution < -0.4 is 5.32 Å². The lowest BCUT2D eigenvalue weighted by molar-refractivity contribution is -0.133. The second kappa shape index (κ2) is 6.62. The number of hydrogen-bond donors (Lipinski definition) is 2. The van der Waals surface area contributed by atoms with Crippen LogP contribution in [-0.2, 0) is 22.1 Å². The van der Waals surface area contributed by atoms with Gasteiger partial charge in [-0.05, 0) is 18.2 Å². The Morgan fingerprint density at radius 1 is 1.30 bits per heavy atom. The molecule has 2 N–H and O–H groups in total. The molecule has 0 fully saturated rings. The van der Waals surface area contributed by atoms with Crippen LogP contribution in [0.15, 0.2) is 18.2 Å². The van der Waals surface area contributed by atoms with Gasteiger partial charge in [-0.1, -0.05) is 20.8 Å². The van der Waals surface area contributed by atoms with Crippen LogP contribution in [0.4, 0.5) is 5.69 Å². The normalized spacial score (nSPS) is 11.7. The smallest absolute Gasteiger partial charge is 0.313 e. The quantitative estimate of drug-likeness (QED) is 0.877. The molecule has 2 aromatic rings. The number of anilines is 1. The van der Waals surface area contributed by atoms with Gasteiger partial charge in [-0.3, -0.25) is 9.59 Å². The molecule has 0 bridgehead atoms. The number of benzene rings is 1. The van der Waals surface area contributed by atoms with Crippen LogP contribution in [0.3, 0.4) is 0 Å². The first-order chi connectivity index (χ1) is 10.7. The largest absolute Gasteiger partial charge is 0.481 e. The molecular formula is C16H21N3O3S. The summed E-state index contributed by atoms with van der Waals surface area (Å²) in [5.41, 5.74) is 2.43. The zero-order chi connectivity index (χ0) is 17.2. The maximum Gasteiger partial charge on any atom is 0.313 e. The standard InChI is InChI=1S/C16H21N3O3S/c1-16(2,3)15-18-11-7-10(5-6-12(11)19(15)4)17-13(20)8-23-9-14(21)22/h5-7H,8-9H2,1-4H3,(H,17,20)(H,21,22). The summed E-state index contributed by atoms with van der Waals surface area (Å²) in [6.07, 6.45) is 0. The highest BCUT2D eigenvalue weighted by atomic mass is 32.2. The van der Waals surface area contributed by atoms with E-state index in [4.69, 9.17) is 5.11 Å². The van der Waals surface area contributed by atoms with Crippen molar-refractivity contribution in [3.63, 3.8) is 0 Å². The van der Waals surface area contributed by atoms with E-state index >= 15 is 0 Å². The van der Waals surface area contributed by atoms with Gasteiger partial charge in [0, 0.05) is 18.2 Å². The number of aromatic nitrogens is 2. The Balaban J connectivity index is 2.14. The number of carbonyl (C=O) groups excluding carboxylic acids is 1. The Morgan fingerprint density at radius 3 is 2.61 bits per heavy atom. The van der Waals surface area contributed by atoms with Gasteiger partial charge in [-0.15, -0.1) is 11.8 Å². The van der Waals surface area contributed by atoms with Gasteiger partial charge in [0.1, 0.15) is 5.82 Å². The summed E-state index contributed by atoms with van der Waals surface area (Å²) in [5.74, 6) is -0.135. The molecule has 124 valence electrons. The van der Waals surface area contributed by atoms with Gasteiger partial charge in [-0.2, -0.15) is 0 Å². The number of carbonyl (C=O) groups is 2. The summed E-state index contributed by atoms with van der Waals surface area (Å²) in [4.78, 5) is 26.9. The molecule has 1 heterocycles. The number of hydrogen-bond acceptors (Lipinski definition) is 4. The Morgan fingerprint density at radius 2 is 2.00 bits per heavy atom. The molecule has 0 aliphatic carbocycles. The molecule has 0 saturated heterocycles. The number of imidazole rings is 1. The third kappa shape index (κ3) is 4.25. The minimum Gasteiger partial charge on any atom is -0.481 e. The molecule has 0 aliphatic rings. The van der Waals surface area contributed by atoms with E-state index in [1.165, 1.54) is 0 Å². The molecule has 0 aliphatic heterocycles. The van der Waals surface area contributed by atoms with E-state index in [0.29, 0.717) is 5.69 Å². The first-order valence-electron chi connectivity index (χ1n) is 7.25. The van der Waals surface area contributed by atoms with Gasteiger partial charge in [-0.25, -0.2) is 4.98 Å². The number of thioether (sulfide) groups is 1. The lowest BCUT2D eigenvalue weighted by Crippen LogP contribution is -2.17. The molecule has 0 radical (unpaired) electrons. The number of aliphatic carboxylic acids is 1. The van der Waals surface area contributed by atoms with Gasteiger partial charge < -0.3 is 15.0 Å². The predicted octanol–water partition coefficient (Wildman–Crippen LogP) is 2.63. The van der Waals surface area contributed by atoms with E-state index < -0.39 is 5.97 Å². The minimum atomic E-state index is -0.924. The molecule has 0 unspecified atom stereocenters. The third-order valence-electron chi connectivity index (χ3n) is 3.29. The average Bonchev–Trinajstić information content (AvgIpc) is 2.75. The van der Waals surface area contributed by atoms with Crippen molar-refractivity contribution >= 4 is 40.4 Å². The number of nitrogens with zero attached hydrogens (tertiary/aromatic N) is 2. The molecule has 23 heavy (non-hydrogen) atoms. The number of nitrogens with one attached hydrogen (secondary N) is 1. The van der Waals surface area contributed by atoms with Crippen LogP contribution in [0.1, 0.15) is 26.6 Å². The van der Waals surface area contributed by atoms with Crippen molar-refractivity contribution in [2.45, 2.75) is 26.2 Å². The van der Waals surface area contributed by atoms with E-state index in [0.717, 1.165) is 28.6 Å². The van der Waals surface area contributed by atoms with E-state index in [-0.39, 0.29) is 22.8 Å². The molecule has 0 spiro atoms. The van der Waals surface area contributed by atoms with Crippen LogP contribution in [0.25, 0.3) is 11.0 Å². The SMILES string of the molecule is Cn1c(C(C)(C)C)nc2cc(NC(=O)CSCC(=O)O)ccc21.